The van der Waals surface area contributed by atoms with Gasteiger partial charge in [0.25, 0.3) is 0 Å². The van der Waals surface area contributed by atoms with E-state index in [1.54, 1.807) is 24.3 Å². The van der Waals surface area contributed by atoms with Crippen molar-refractivity contribution in [2.45, 2.75) is 6.17 Å². The fourth-order valence-corrected chi connectivity index (χ4v) is 3.28. The molecule has 3 rings (SSSR count). The van der Waals surface area contributed by atoms with Gasteiger partial charge in [-0.15, -0.1) is 0 Å². The van der Waals surface area contributed by atoms with E-state index in [1.807, 2.05) is 24.3 Å². The Morgan fingerprint density at radius 2 is 1.96 bits per heavy atom. The molecule has 0 saturated heterocycles. The zero-order valence-corrected chi connectivity index (χ0v) is 14.3. The number of nitrogens with zero attached hydrogens (tertiary/aromatic N) is 1. The van der Waals surface area contributed by atoms with Gasteiger partial charge < -0.3 is 10.6 Å². The van der Waals surface area contributed by atoms with E-state index in [9.17, 15) is 4.39 Å². The molecular weight excluding hydrogens is 353 g/mol. The third-order valence-electron chi connectivity index (χ3n) is 3.19. The summed E-state index contributed by atoms with van der Waals surface area (Å²) in [7, 11) is 0. The maximum atomic E-state index is 14.1. The summed E-state index contributed by atoms with van der Waals surface area (Å²) in [4.78, 5) is 4.42. The number of hydrogen-bond acceptors (Lipinski definition) is 3. The molecule has 23 heavy (non-hydrogen) atoms. The Kier molecular flexibility index (Phi) is 5.05. The van der Waals surface area contributed by atoms with Crippen LogP contribution in [0.5, 0.6) is 0 Å². The molecule has 0 aliphatic heterocycles. The quantitative estimate of drug-likeness (QED) is 0.641. The number of anilines is 1. The fraction of sp³-hybridized carbons (Fsp3) is 0.125. The monoisotopic (exact) mass is 365 g/mol. The van der Waals surface area contributed by atoms with Gasteiger partial charge in [0.1, 0.15) is 6.17 Å². The Morgan fingerprint density at radius 1 is 1.22 bits per heavy atom. The summed E-state index contributed by atoms with van der Waals surface area (Å²) in [6.07, 6.45) is -1.16. The van der Waals surface area contributed by atoms with Gasteiger partial charge in [-0.1, -0.05) is 47.2 Å². The highest BCUT2D eigenvalue weighted by Crippen LogP contribution is 2.25. The van der Waals surface area contributed by atoms with Crippen LogP contribution < -0.4 is 10.6 Å². The highest BCUT2D eigenvalue weighted by molar-refractivity contribution is 7.80. The summed E-state index contributed by atoms with van der Waals surface area (Å²) in [6, 6.07) is 14.5. The highest BCUT2D eigenvalue weighted by atomic mass is 35.5. The summed E-state index contributed by atoms with van der Waals surface area (Å²) in [5, 5.41) is 7.47. The molecule has 3 aromatic rings. The van der Waals surface area contributed by atoms with Crippen LogP contribution in [0.25, 0.3) is 10.2 Å². The molecule has 0 spiro atoms. The van der Waals surface area contributed by atoms with E-state index in [0.717, 1.165) is 10.2 Å². The normalized spacial score (nSPS) is 12.1. The zero-order valence-electron chi connectivity index (χ0n) is 11.9. The molecule has 118 valence electrons. The van der Waals surface area contributed by atoms with Gasteiger partial charge in [0.05, 0.1) is 16.8 Å². The van der Waals surface area contributed by atoms with Crippen LogP contribution in [0, 0.1) is 0 Å². The maximum Gasteiger partial charge on any atom is 0.190 e. The molecule has 0 fully saturated rings. The summed E-state index contributed by atoms with van der Waals surface area (Å²) >= 11 is 12.5. The van der Waals surface area contributed by atoms with Crippen molar-refractivity contribution in [2.24, 2.45) is 0 Å². The molecule has 0 aliphatic rings. The molecule has 3 nitrogen and oxygen atoms in total. The van der Waals surface area contributed by atoms with E-state index in [1.165, 1.54) is 11.3 Å². The van der Waals surface area contributed by atoms with E-state index < -0.39 is 6.17 Å². The lowest BCUT2D eigenvalue weighted by atomic mass is 10.1. The van der Waals surface area contributed by atoms with Gasteiger partial charge in [-0.05, 0) is 42.0 Å². The van der Waals surface area contributed by atoms with E-state index in [4.69, 9.17) is 23.8 Å². The number of benzene rings is 2. The van der Waals surface area contributed by atoms with Crippen molar-refractivity contribution in [3.8, 4) is 0 Å². The molecule has 0 aliphatic carbocycles. The molecule has 0 amide bonds. The molecule has 0 saturated carbocycles. The predicted molar refractivity (Wildman–Crippen MR) is 99.1 cm³/mol. The van der Waals surface area contributed by atoms with Crippen LogP contribution in [0.2, 0.25) is 5.02 Å². The number of thiazole rings is 1. The first-order valence-electron chi connectivity index (χ1n) is 6.92. The Hall–Kier alpha value is -1.76. The van der Waals surface area contributed by atoms with Gasteiger partial charge >= 0.3 is 0 Å². The number of hydrogen-bond donors (Lipinski definition) is 2. The van der Waals surface area contributed by atoms with Gasteiger partial charge in [0.2, 0.25) is 0 Å². The van der Waals surface area contributed by atoms with Gasteiger partial charge in [-0.25, -0.2) is 9.37 Å². The van der Waals surface area contributed by atoms with Crippen molar-refractivity contribution in [3.63, 3.8) is 0 Å². The van der Waals surface area contributed by atoms with Crippen LogP contribution in [0.4, 0.5) is 9.52 Å². The first-order chi connectivity index (χ1) is 11.1. The Morgan fingerprint density at radius 3 is 2.70 bits per heavy atom. The van der Waals surface area contributed by atoms with Gasteiger partial charge in [-0.2, -0.15) is 0 Å². The van der Waals surface area contributed by atoms with E-state index in [-0.39, 0.29) is 6.54 Å². The number of alkyl halides is 1. The van der Waals surface area contributed by atoms with Crippen molar-refractivity contribution >= 4 is 55.6 Å². The molecule has 1 unspecified atom stereocenters. The van der Waals surface area contributed by atoms with Crippen molar-refractivity contribution in [2.75, 3.05) is 11.9 Å². The maximum absolute atomic E-state index is 14.1. The SMILES string of the molecule is FC(CNC(=S)Nc1nc2ccccc2s1)c1ccc(Cl)cc1. The molecule has 1 atom stereocenters. The third kappa shape index (κ3) is 4.16. The average molecular weight is 366 g/mol. The number of halogens is 2. The van der Waals surface area contributed by atoms with Gasteiger partial charge in [0.15, 0.2) is 10.2 Å². The van der Waals surface area contributed by atoms with Gasteiger partial charge in [-0.3, -0.25) is 0 Å². The zero-order chi connectivity index (χ0) is 16.2. The Bertz CT molecular complexity index is 787. The Balaban J connectivity index is 1.55. The standard InChI is InChI=1S/C16H13ClFN3S2/c17-11-7-5-10(6-8-11)12(18)9-19-15(22)21-16-20-13-3-1-2-4-14(13)23-16/h1-8,12H,9H2,(H2,19,20,21,22). The number of thiocarbonyl (C=S) groups is 1. The number of fused-ring (bicyclic) bond motifs is 1. The molecular formula is C16H13ClFN3S2. The van der Waals surface area contributed by atoms with Crippen molar-refractivity contribution in [3.05, 3.63) is 59.1 Å². The lowest BCUT2D eigenvalue weighted by Crippen LogP contribution is -2.31. The number of rotatable bonds is 4. The van der Waals surface area contributed by atoms with Crippen molar-refractivity contribution < 1.29 is 4.39 Å². The molecule has 1 heterocycles. The van der Waals surface area contributed by atoms with E-state index >= 15 is 0 Å². The summed E-state index contributed by atoms with van der Waals surface area (Å²) in [5.74, 6) is 0. The summed E-state index contributed by atoms with van der Waals surface area (Å²) < 4.78 is 15.2. The van der Waals surface area contributed by atoms with Crippen LogP contribution in [0.1, 0.15) is 11.7 Å². The highest BCUT2D eigenvalue weighted by Gasteiger charge is 2.11. The summed E-state index contributed by atoms with van der Waals surface area (Å²) in [5.41, 5.74) is 1.47. The van der Waals surface area contributed by atoms with Crippen LogP contribution >= 0.6 is 35.2 Å². The minimum absolute atomic E-state index is 0.0817. The second kappa shape index (κ2) is 7.21. The predicted octanol–water partition coefficient (Wildman–Crippen LogP) is 4.95. The minimum Gasteiger partial charge on any atom is -0.359 e. The Labute approximate surface area is 147 Å². The first kappa shape index (κ1) is 16.1. The van der Waals surface area contributed by atoms with Crippen LogP contribution in [0.15, 0.2) is 48.5 Å². The average Bonchev–Trinajstić information content (AvgIpc) is 2.95. The second-order valence-corrected chi connectivity index (χ2v) is 6.72. The summed E-state index contributed by atoms with van der Waals surface area (Å²) in [6.45, 7) is 0.0817. The molecule has 2 N–H and O–H groups in total. The van der Waals surface area contributed by atoms with Crippen LogP contribution in [0.3, 0.4) is 0 Å². The second-order valence-electron chi connectivity index (χ2n) is 4.84. The number of aromatic nitrogens is 1. The van der Waals surface area contributed by atoms with Crippen molar-refractivity contribution in [1.29, 1.82) is 0 Å². The molecule has 1 aromatic heterocycles. The largest absolute Gasteiger partial charge is 0.359 e. The lowest BCUT2D eigenvalue weighted by molar-refractivity contribution is 0.343. The van der Waals surface area contributed by atoms with E-state index in [2.05, 4.69) is 15.6 Å². The lowest BCUT2D eigenvalue weighted by Gasteiger charge is -2.12. The van der Waals surface area contributed by atoms with Gasteiger partial charge in [0, 0.05) is 5.02 Å². The van der Waals surface area contributed by atoms with Crippen LogP contribution in [-0.2, 0) is 0 Å². The molecule has 0 radical (unpaired) electrons. The van der Waals surface area contributed by atoms with Crippen LogP contribution in [-0.4, -0.2) is 16.6 Å². The molecule has 0 bridgehead atoms. The first-order valence-corrected chi connectivity index (χ1v) is 8.52. The topological polar surface area (TPSA) is 37.0 Å². The minimum atomic E-state index is -1.16. The number of nitrogens with one attached hydrogen (secondary N) is 2. The smallest absolute Gasteiger partial charge is 0.190 e. The third-order valence-corrected chi connectivity index (χ3v) is 4.64. The number of para-hydroxylation sites is 1. The molecule has 2 aromatic carbocycles. The fourth-order valence-electron chi connectivity index (χ4n) is 2.04. The molecule has 7 heteroatoms. The van der Waals surface area contributed by atoms with Crippen molar-refractivity contribution in [1.82, 2.24) is 10.3 Å². The van der Waals surface area contributed by atoms with E-state index in [0.29, 0.717) is 20.8 Å².